The van der Waals surface area contributed by atoms with Crippen LogP contribution in [-0.2, 0) is 29.3 Å². The first kappa shape index (κ1) is 64.2. The monoisotopic (exact) mass is 1260 g/mol. The van der Waals surface area contributed by atoms with Crippen LogP contribution in [0.2, 0.25) is 0 Å². The van der Waals surface area contributed by atoms with E-state index in [2.05, 4.69) is 61.5 Å². The van der Waals surface area contributed by atoms with Crippen LogP contribution in [0.25, 0.3) is 12.2 Å². The zero-order chi connectivity index (χ0) is 62.2. The number of carbonyl (C=O) groups excluding carboxylic acids is 4. The lowest BCUT2D eigenvalue weighted by Crippen LogP contribution is -2.22. The normalized spacial score (nSPS) is 13.2. The molecule has 1 aliphatic rings. The highest BCUT2D eigenvalue weighted by Gasteiger charge is 2.26. The number of nitrogens with one attached hydrogen (secondary N) is 4. The summed E-state index contributed by atoms with van der Waals surface area (Å²) in [5, 5.41) is 30.0. The second kappa shape index (κ2) is 30.0. The summed E-state index contributed by atoms with van der Waals surface area (Å²) in [5.41, 5.74) is 3.16. The number of thiazole rings is 2. The van der Waals surface area contributed by atoms with Gasteiger partial charge in [-0.15, -0.1) is 20.5 Å². The quantitative estimate of drug-likeness (QED) is 0.0105. The SMILES string of the molecule is CCN(CC)c1cc(Nc2nc(Nc3cc(N(CC)CC)c(OC)cc3N=Nc3nc(S(=O)(=O)O)c(C=C(C(C)=O)C(=O)Nc4ccccc4)s3)nc(SC3CCCCC3)n2)c(N=Nc2ncc(C=C(C(C)=O)C(=O)Nc3ccccc3)s2)cc1OC. The first-order chi connectivity index (χ1) is 41.9. The third-order valence-corrected chi connectivity index (χ3v) is 17.3. The van der Waals surface area contributed by atoms with Gasteiger partial charge in [0.1, 0.15) is 22.9 Å². The third-order valence-electron chi connectivity index (χ3n) is 13.5. The number of nitrogens with zero attached hydrogens (tertiary/aromatic N) is 11. The second-order valence-electron chi connectivity index (χ2n) is 19.3. The van der Waals surface area contributed by atoms with Crippen LogP contribution in [0.3, 0.4) is 0 Å². The van der Waals surface area contributed by atoms with Crippen molar-refractivity contribution in [3.63, 3.8) is 0 Å². The van der Waals surface area contributed by atoms with Gasteiger partial charge in [0, 0.05) is 61.1 Å². The number of benzene rings is 4. The van der Waals surface area contributed by atoms with Crippen LogP contribution in [0.1, 0.15) is 83.4 Å². The first-order valence-corrected chi connectivity index (χ1v) is 31.7. The predicted molar refractivity (Wildman–Crippen MR) is 342 cm³/mol. The Morgan fingerprint density at radius 2 is 1.14 bits per heavy atom. The molecule has 0 spiro atoms. The van der Waals surface area contributed by atoms with Gasteiger partial charge in [0.25, 0.3) is 11.8 Å². The number of aromatic nitrogens is 5. The molecule has 454 valence electrons. The Morgan fingerprint density at radius 3 is 1.60 bits per heavy atom. The first-order valence-electron chi connectivity index (χ1n) is 27.8. The minimum Gasteiger partial charge on any atom is -0.494 e. The van der Waals surface area contributed by atoms with Crippen LogP contribution in [0.5, 0.6) is 11.5 Å². The fraction of sp³-hybridized carbons (Fsp3) is 0.305. The van der Waals surface area contributed by atoms with Gasteiger partial charge in [0.2, 0.25) is 27.2 Å². The largest absolute Gasteiger partial charge is 0.494 e. The molecule has 3 heterocycles. The number of rotatable bonds is 27. The van der Waals surface area contributed by atoms with Crippen LogP contribution in [0.4, 0.5) is 67.7 Å². The molecule has 4 aromatic carbocycles. The van der Waals surface area contributed by atoms with E-state index in [9.17, 15) is 32.1 Å². The number of ketones is 2. The van der Waals surface area contributed by atoms with E-state index in [-0.39, 0.29) is 43.5 Å². The molecule has 0 radical (unpaired) electrons. The summed E-state index contributed by atoms with van der Waals surface area (Å²) in [6, 6.07) is 24.2. The number of amides is 2. The van der Waals surface area contributed by atoms with E-state index in [1.165, 1.54) is 38.1 Å². The molecule has 2 amide bonds. The molecule has 7 aromatic rings. The zero-order valence-electron chi connectivity index (χ0n) is 49.0. The zero-order valence-corrected chi connectivity index (χ0v) is 52.3. The molecule has 1 fully saturated rings. The molecule has 0 aliphatic heterocycles. The molecular weight excluding hydrogens is 1190 g/mol. The Labute approximate surface area is 515 Å². The van der Waals surface area contributed by atoms with Crippen molar-refractivity contribution < 1.29 is 41.6 Å². The molecule has 28 heteroatoms. The molecule has 3 aromatic heterocycles. The van der Waals surface area contributed by atoms with E-state index < -0.39 is 44.1 Å². The molecule has 0 unspecified atom stereocenters. The van der Waals surface area contributed by atoms with Gasteiger partial charge in [-0.1, -0.05) is 90.1 Å². The van der Waals surface area contributed by atoms with Crippen molar-refractivity contribution in [2.24, 2.45) is 20.5 Å². The maximum absolute atomic E-state index is 13.4. The molecular formula is C59H65N15O9S4. The summed E-state index contributed by atoms with van der Waals surface area (Å²) >= 11 is 3.33. The summed E-state index contributed by atoms with van der Waals surface area (Å²) < 4.78 is 47.7. The van der Waals surface area contributed by atoms with Crippen molar-refractivity contribution in [3.8, 4) is 11.5 Å². The highest BCUT2D eigenvalue weighted by atomic mass is 32.2. The predicted octanol–water partition coefficient (Wildman–Crippen LogP) is 13.7. The number of methoxy groups -OCH3 is 2. The second-order valence-corrected chi connectivity index (χ2v) is 23.9. The van der Waals surface area contributed by atoms with Crippen LogP contribution >= 0.6 is 34.4 Å². The van der Waals surface area contributed by atoms with Crippen LogP contribution < -0.4 is 40.5 Å². The number of azo groups is 2. The van der Waals surface area contributed by atoms with Gasteiger partial charge >= 0.3 is 10.1 Å². The Bertz CT molecular complexity index is 3860. The molecule has 1 aliphatic carbocycles. The number of thioether (sulfide) groups is 1. The molecule has 87 heavy (non-hydrogen) atoms. The van der Waals surface area contributed by atoms with Crippen molar-refractivity contribution in [1.29, 1.82) is 0 Å². The number of carbonyl (C=O) groups is 4. The van der Waals surface area contributed by atoms with Crippen molar-refractivity contribution in [3.05, 3.63) is 112 Å². The molecule has 1 saturated carbocycles. The average Bonchev–Trinajstić information content (AvgIpc) is 4.29. The van der Waals surface area contributed by atoms with E-state index in [1.54, 1.807) is 79.9 Å². The van der Waals surface area contributed by atoms with Crippen molar-refractivity contribution in [1.82, 2.24) is 24.9 Å². The number of Topliss-reactive ketones (excluding diaryl/α,β-unsaturated/α-hetero) is 2. The number of para-hydroxylation sites is 2. The van der Waals surface area contributed by atoms with Gasteiger partial charge in [-0.3, -0.25) is 23.7 Å². The highest BCUT2D eigenvalue weighted by molar-refractivity contribution is 7.99. The summed E-state index contributed by atoms with van der Waals surface area (Å²) in [5.74, 6) is -1.33. The minimum absolute atomic E-state index is 0.0665. The van der Waals surface area contributed by atoms with Crippen molar-refractivity contribution >= 4 is 148 Å². The van der Waals surface area contributed by atoms with Crippen LogP contribution in [0.15, 0.2) is 133 Å². The van der Waals surface area contributed by atoms with E-state index in [1.807, 2.05) is 39.8 Å². The molecule has 0 bridgehead atoms. The Balaban J connectivity index is 1.19. The van der Waals surface area contributed by atoms with Gasteiger partial charge in [0.05, 0.1) is 57.9 Å². The van der Waals surface area contributed by atoms with E-state index in [0.717, 1.165) is 62.1 Å². The third kappa shape index (κ3) is 17.0. The number of ether oxygens (including phenoxy) is 2. The van der Waals surface area contributed by atoms with E-state index >= 15 is 0 Å². The Hall–Kier alpha value is -8.83. The fourth-order valence-electron chi connectivity index (χ4n) is 9.10. The number of hydrogen-bond acceptors (Lipinski definition) is 24. The molecule has 24 nitrogen and oxygen atoms in total. The summed E-state index contributed by atoms with van der Waals surface area (Å²) in [4.78, 5) is 79.9. The highest BCUT2D eigenvalue weighted by Crippen LogP contribution is 2.44. The molecule has 0 atom stereocenters. The summed E-state index contributed by atoms with van der Waals surface area (Å²) in [6.07, 6.45) is 9.18. The lowest BCUT2D eigenvalue weighted by molar-refractivity contribution is -0.120. The average molecular weight is 1260 g/mol. The maximum Gasteiger partial charge on any atom is 0.313 e. The van der Waals surface area contributed by atoms with Crippen molar-refractivity contribution in [2.45, 2.75) is 89.1 Å². The lowest BCUT2D eigenvalue weighted by atomic mass is 10.0. The lowest BCUT2D eigenvalue weighted by Gasteiger charge is -2.25. The van der Waals surface area contributed by atoms with Gasteiger partial charge in [-0.05, 0) is 103 Å². The van der Waals surface area contributed by atoms with Crippen molar-refractivity contribution in [2.75, 3.05) is 71.5 Å². The Morgan fingerprint density at radius 1 is 0.655 bits per heavy atom. The Kier molecular flexibility index (Phi) is 22.1. The molecule has 5 N–H and O–H groups in total. The van der Waals surface area contributed by atoms with Gasteiger partial charge in [0.15, 0.2) is 16.7 Å². The van der Waals surface area contributed by atoms with E-state index in [0.29, 0.717) is 93.2 Å². The maximum atomic E-state index is 13.4. The number of anilines is 8. The summed E-state index contributed by atoms with van der Waals surface area (Å²) in [7, 11) is -1.94. The standard InChI is InChI=1S/C59H65N15O9S4/c1-9-73(10-2)47-30-43(45(32-49(47)82-7)69-71-57-60-34-40(85-57)28-41(35(5)75)52(77)61-37-22-16-13-17-23-37)63-55-66-56(68-58(67-55)84-39-26-20-15-21-27-39)64-44-31-48(74(11-3)12-4)50(83-8)33-46(44)70-72-59-65-54(87(79,80)81)51(86-59)29-42(36(6)76)53(78)62-38-24-18-14-19-25-38/h13-14,16-19,22-25,28-34,39H,9-12,15,20-21,26-27H2,1-8H3,(H,61,77)(H,62,78)(H,79,80,81)(H2,63,64,66,67,68). The smallest absolute Gasteiger partial charge is 0.313 e. The topological polar surface area (TPSA) is 310 Å². The van der Waals surface area contributed by atoms with E-state index in [4.69, 9.17) is 24.4 Å². The summed E-state index contributed by atoms with van der Waals surface area (Å²) in [6.45, 7) is 13.0. The van der Waals surface area contributed by atoms with Crippen LogP contribution in [-0.4, -0.2) is 107 Å². The number of hydrogen-bond donors (Lipinski definition) is 5. The minimum atomic E-state index is -5.02. The van der Waals surface area contributed by atoms with Gasteiger partial charge in [-0.25, -0.2) is 9.97 Å². The van der Waals surface area contributed by atoms with Crippen LogP contribution in [0, 0.1) is 0 Å². The molecule has 8 rings (SSSR count). The van der Waals surface area contributed by atoms with Gasteiger partial charge < -0.3 is 40.5 Å². The van der Waals surface area contributed by atoms with Gasteiger partial charge in [-0.2, -0.15) is 23.4 Å². The molecule has 0 saturated heterocycles. The fourth-order valence-corrected chi connectivity index (χ4v) is 12.7.